The summed E-state index contributed by atoms with van der Waals surface area (Å²) in [5.41, 5.74) is 0.190. The van der Waals surface area contributed by atoms with Crippen LogP contribution in [0.15, 0.2) is 24.3 Å². The zero-order chi connectivity index (χ0) is 31.4. The van der Waals surface area contributed by atoms with Crippen molar-refractivity contribution in [2.75, 3.05) is 23.9 Å². The molecule has 1 saturated heterocycles. The minimum Gasteiger partial charge on any atom is -0.481 e. The van der Waals surface area contributed by atoms with Crippen LogP contribution in [-0.2, 0) is 28.8 Å². The molecule has 42 heavy (non-hydrogen) atoms. The molecule has 0 radical (unpaired) electrons. The number of non-ortho nitro benzene ring substituents is 1. The molecule has 5 N–H and O–H groups in total. The lowest BCUT2D eigenvalue weighted by Gasteiger charge is -2.29. The van der Waals surface area contributed by atoms with Gasteiger partial charge in [0, 0.05) is 30.8 Å². The van der Waals surface area contributed by atoms with Crippen LogP contribution in [0.5, 0.6) is 0 Å². The Morgan fingerprint density at radius 1 is 1.02 bits per heavy atom. The van der Waals surface area contributed by atoms with E-state index in [1.54, 1.807) is 0 Å². The number of thioether (sulfide) groups is 1. The first-order chi connectivity index (χ1) is 19.8. The van der Waals surface area contributed by atoms with Gasteiger partial charge in [0.1, 0.15) is 24.2 Å². The van der Waals surface area contributed by atoms with Gasteiger partial charge in [-0.25, -0.2) is 0 Å². The molecule has 1 aromatic carbocycles. The highest BCUT2D eigenvalue weighted by molar-refractivity contribution is 7.98. The fraction of sp³-hybridized carbons (Fsp3) is 0.538. The van der Waals surface area contributed by atoms with Crippen LogP contribution in [0.4, 0.5) is 11.4 Å². The number of nitro benzene ring substituents is 1. The molecule has 1 fully saturated rings. The number of carboxylic acid groups (broad SMARTS) is 1. The van der Waals surface area contributed by atoms with Crippen LogP contribution in [0.1, 0.15) is 46.0 Å². The fourth-order valence-corrected chi connectivity index (χ4v) is 4.69. The zero-order valence-corrected chi connectivity index (χ0v) is 24.4. The first kappa shape index (κ1) is 34.0. The number of nitrogens with one attached hydrogen (secondary N) is 4. The van der Waals surface area contributed by atoms with Crippen LogP contribution in [0.3, 0.4) is 0 Å². The maximum Gasteiger partial charge on any atom is 0.303 e. The summed E-state index contributed by atoms with van der Waals surface area (Å²) in [5, 5.41) is 29.8. The molecule has 16 heteroatoms. The van der Waals surface area contributed by atoms with Crippen LogP contribution in [0.25, 0.3) is 0 Å². The number of aliphatic carboxylic acids is 1. The number of anilines is 1. The summed E-state index contributed by atoms with van der Waals surface area (Å²) < 4.78 is 0. The van der Waals surface area contributed by atoms with Gasteiger partial charge < -0.3 is 31.3 Å². The summed E-state index contributed by atoms with van der Waals surface area (Å²) in [7, 11) is 0. The Morgan fingerprint density at radius 2 is 1.69 bits per heavy atom. The molecule has 0 aliphatic carbocycles. The molecule has 1 aliphatic rings. The number of amides is 5. The van der Waals surface area contributed by atoms with Crippen molar-refractivity contribution in [1.82, 2.24) is 20.9 Å². The van der Waals surface area contributed by atoms with Crippen molar-refractivity contribution < 1.29 is 38.8 Å². The molecular weight excluding hydrogens is 572 g/mol. The average molecular weight is 609 g/mol. The number of carbonyl (C=O) groups is 6. The van der Waals surface area contributed by atoms with Gasteiger partial charge in [-0.3, -0.25) is 38.9 Å². The molecule has 0 spiro atoms. The Bertz CT molecular complexity index is 1180. The van der Waals surface area contributed by atoms with E-state index < -0.39 is 64.6 Å². The lowest BCUT2D eigenvalue weighted by molar-refractivity contribution is -0.384. The van der Waals surface area contributed by atoms with Gasteiger partial charge in [-0.1, -0.05) is 0 Å². The molecule has 230 valence electrons. The van der Waals surface area contributed by atoms with Gasteiger partial charge in [0.15, 0.2) is 0 Å². The summed E-state index contributed by atoms with van der Waals surface area (Å²) in [6.07, 6.45) is 2.36. The highest BCUT2D eigenvalue weighted by Crippen LogP contribution is 2.20. The van der Waals surface area contributed by atoms with Crippen molar-refractivity contribution in [2.24, 2.45) is 0 Å². The molecule has 0 saturated carbocycles. The third kappa shape index (κ3) is 10.3. The highest BCUT2D eigenvalue weighted by Gasteiger charge is 2.38. The SMILES string of the molecule is CSCCC(NC(=O)C1CCCN1C(=O)C(C)NC(=O)C(C)NC(=O)CCC(=O)O)C(=O)Nc1ccc([N+](=O)[O-])cc1. The largest absolute Gasteiger partial charge is 0.481 e. The highest BCUT2D eigenvalue weighted by atomic mass is 32.2. The number of likely N-dealkylation sites (tertiary alicyclic amines) is 1. The molecule has 4 unspecified atom stereocenters. The number of hydrogen-bond donors (Lipinski definition) is 5. The Balaban J connectivity index is 2.00. The van der Waals surface area contributed by atoms with E-state index in [-0.39, 0.29) is 25.1 Å². The van der Waals surface area contributed by atoms with E-state index in [4.69, 9.17) is 5.11 Å². The third-order valence-electron chi connectivity index (χ3n) is 6.49. The molecule has 1 heterocycles. The van der Waals surface area contributed by atoms with Gasteiger partial charge in [-0.15, -0.1) is 0 Å². The molecule has 1 aliphatic heterocycles. The predicted octanol–water partition coefficient (Wildman–Crippen LogP) is 0.636. The summed E-state index contributed by atoms with van der Waals surface area (Å²) in [4.78, 5) is 86.0. The molecule has 2 rings (SSSR count). The van der Waals surface area contributed by atoms with Gasteiger partial charge in [0.05, 0.1) is 11.3 Å². The number of hydrogen-bond acceptors (Lipinski definition) is 9. The Hall–Kier alpha value is -4.21. The zero-order valence-electron chi connectivity index (χ0n) is 23.6. The monoisotopic (exact) mass is 608 g/mol. The van der Waals surface area contributed by atoms with Crippen molar-refractivity contribution >= 4 is 58.6 Å². The Morgan fingerprint density at radius 3 is 2.29 bits per heavy atom. The van der Waals surface area contributed by atoms with E-state index in [0.717, 1.165) is 0 Å². The maximum atomic E-state index is 13.3. The van der Waals surface area contributed by atoms with Crippen molar-refractivity contribution in [3.63, 3.8) is 0 Å². The lowest BCUT2D eigenvalue weighted by Crippen LogP contribution is -2.56. The van der Waals surface area contributed by atoms with E-state index in [1.807, 2.05) is 6.26 Å². The number of benzene rings is 1. The second kappa shape index (κ2) is 16.3. The van der Waals surface area contributed by atoms with Crippen LogP contribution in [-0.4, -0.2) is 93.2 Å². The van der Waals surface area contributed by atoms with Crippen molar-refractivity contribution in [3.05, 3.63) is 34.4 Å². The molecular formula is C26H36N6O9S. The van der Waals surface area contributed by atoms with Crippen LogP contribution < -0.4 is 21.3 Å². The average Bonchev–Trinajstić information content (AvgIpc) is 3.44. The summed E-state index contributed by atoms with van der Waals surface area (Å²) in [6.45, 7) is 3.11. The summed E-state index contributed by atoms with van der Waals surface area (Å²) in [6, 6.07) is 1.43. The second-order valence-electron chi connectivity index (χ2n) is 9.74. The number of rotatable bonds is 15. The first-order valence-corrected chi connectivity index (χ1v) is 14.7. The fourth-order valence-electron chi connectivity index (χ4n) is 4.22. The normalized spacial score (nSPS) is 16.5. The van der Waals surface area contributed by atoms with E-state index >= 15 is 0 Å². The van der Waals surface area contributed by atoms with Crippen molar-refractivity contribution in [2.45, 2.75) is 70.1 Å². The molecule has 0 aromatic heterocycles. The number of nitrogens with zero attached hydrogens (tertiary/aromatic N) is 2. The van der Waals surface area contributed by atoms with Gasteiger partial charge in [0.25, 0.3) is 5.69 Å². The quantitative estimate of drug-likeness (QED) is 0.138. The van der Waals surface area contributed by atoms with Gasteiger partial charge in [0.2, 0.25) is 29.5 Å². The van der Waals surface area contributed by atoms with Crippen molar-refractivity contribution in [1.29, 1.82) is 0 Å². The van der Waals surface area contributed by atoms with Crippen LogP contribution in [0.2, 0.25) is 0 Å². The maximum absolute atomic E-state index is 13.3. The summed E-state index contributed by atoms with van der Waals surface area (Å²) in [5.74, 6) is -3.41. The smallest absolute Gasteiger partial charge is 0.303 e. The Kier molecular flexibility index (Phi) is 13.2. The molecule has 15 nitrogen and oxygen atoms in total. The molecule has 0 bridgehead atoms. The third-order valence-corrected chi connectivity index (χ3v) is 7.14. The number of carbonyl (C=O) groups excluding carboxylic acids is 5. The van der Waals surface area contributed by atoms with Crippen LogP contribution >= 0.6 is 11.8 Å². The number of nitro groups is 1. The van der Waals surface area contributed by atoms with E-state index in [1.165, 1.54) is 54.8 Å². The molecule has 5 amide bonds. The lowest BCUT2D eigenvalue weighted by atomic mass is 10.1. The van der Waals surface area contributed by atoms with E-state index in [2.05, 4.69) is 21.3 Å². The Labute approximate surface area is 246 Å². The molecule has 1 aromatic rings. The van der Waals surface area contributed by atoms with Gasteiger partial charge >= 0.3 is 5.97 Å². The van der Waals surface area contributed by atoms with Crippen LogP contribution in [0, 0.1) is 10.1 Å². The topological polar surface area (TPSA) is 217 Å². The second-order valence-corrected chi connectivity index (χ2v) is 10.7. The summed E-state index contributed by atoms with van der Waals surface area (Å²) >= 11 is 1.48. The predicted molar refractivity (Wildman–Crippen MR) is 153 cm³/mol. The molecule has 4 atom stereocenters. The van der Waals surface area contributed by atoms with E-state index in [0.29, 0.717) is 30.7 Å². The van der Waals surface area contributed by atoms with Gasteiger partial charge in [-0.05, 0) is 57.3 Å². The minimum atomic E-state index is -1.15. The first-order valence-electron chi connectivity index (χ1n) is 13.3. The number of carboxylic acids is 1. The minimum absolute atomic E-state index is 0.133. The van der Waals surface area contributed by atoms with Gasteiger partial charge in [-0.2, -0.15) is 11.8 Å². The standard InChI is InChI=1S/C26H36N6O9S/c1-15(27-21(33)10-11-22(34)35)23(36)28-16(2)26(39)31-13-4-5-20(31)25(38)30-19(12-14-42-3)24(37)29-17-6-8-18(9-7-17)32(40)41/h6-9,15-16,19-20H,4-5,10-14H2,1-3H3,(H,27,33)(H,28,36)(H,29,37)(H,30,38)(H,34,35). The van der Waals surface area contributed by atoms with Crippen molar-refractivity contribution in [3.8, 4) is 0 Å². The van der Waals surface area contributed by atoms with E-state index in [9.17, 15) is 38.9 Å².